The van der Waals surface area contributed by atoms with E-state index in [-0.39, 0.29) is 23.9 Å². The van der Waals surface area contributed by atoms with Crippen molar-refractivity contribution in [3.05, 3.63) is 60.3 Å². The number of halogens is 2. The van der Waals surface area contributed by atoms with Crippen LogP contribution in [0.4, 0.5) is 8.78 Å². The van der Waals surface area contributed by atoms with Gasteiger partial charge in [0.2, 0.25) is 21.8 Å². The average Bonchev–Trinajstić information content (AvgIpc) is 3.21. The van der Waals surface area contributed by atoms with Crippen molar-refractivity contribution in [3.8, 4) is 11.5 Å². The molecule has 1 aliphatic heterocycles. The Kier molecular flexibility index (Phi) is 4.90. The minimum absolute atomic E-state index is 0.121. The van der Waals surface area contributed by atoms with Crippen LogP contribution in [0.25, 0.3) is 11.5 Å². The summed E-state index contributed by atoms with van der Waals surface area (Å²) in [7, 11) is -3.96. The number of piperidine rings is 1. The second-order valence-electron chi connectivity index (χ2n) is 6.47. The molecule has 2 aromatic heterocycles. The third-order valence-corrected chi connectivity index (χ3v) is 6.47. The first-order valence-corrected chi connectivity index (χ1v) is 10.1. The molecule has 4 rings (SSSR count). The van der Waals surface area contributed by atoms with E-state index < -0.39 is 21.7 Å². The monoisotopic (exact) mass is 406 g/mol. The molecule has 0 N–H and O–H groups in total. The fourth-order valence-electron chi connectivity index (χ4n) is 3.15. The molecule has 10 heteroatoms. The number of pyridine rings is 1. The van der Waals surface area contributed by atoms with Crippen LogP contribution in [0, 0.1) is 11.6 Å². The molecule has 0 saturated carbocycles. The first-order chi connectivity index (χ1) is 13.4. The number of sulfonamides is 1. The van der Waals surface area contributed by atoms with Gasteiger partial charge in [-0.3, -0.25) is 4.98 Å². The van der Waals surface area contributed by atoms with Crippen molar-refractivity contribution in [2.75, 3.05) is 13.1 Å². The van der Waals surface area contributed by atoms with Crippen LogP contribution in [-0.4, -0.2) is 41.0 Å². The summed E-state index contributed by atoms with van der Waals surface area (Å²) >= 11 is 0. The average molecular weight is 406 g/mol. The van der Waals surface area contributed by atoms with Gasteiger partial charge in [-0.2, -0.15) is 4.31 Å². The van der Waals surface area contributed by atoms with Crippen molar-refractivity contribution >= 4 is 10.0 Å². The SMILES string of the molecule is O=S(=O)(c1ccc(F)c(F)c1)N1CCC[C@H](c2nnc(-c3cccnc3)o2)C1. The van der Waals surface area contributed by atoms with E-state index in [9.17, 15) is 17.2 Å². The fourth-order valence-corrected chi connectivity index (χ4v) is 4.69. The summed E-state index contributed by atoms with van der Waals surface area (Å²) in [5, 5.41) is 8.07. The molecular formula is C18H16F2N4O3S. The van der Waals surface area contributed by atoms with Crippen molar-refractivity contribution in [1.29, 1.82) is 0 Å². The van der Waals surface area contributed by atoms with Gasteiger partial charge in [0.1, 0.15) is 0 Å². The van der Waals surface area contributed by atoms with Crippen LogP contribution in [0.15, 0.2) is 52.0 Å². The topological polar surface area (TPSA) is 89.2 Å². The molecule has 7 nitrogen and oxygen atoms in total. The Morgan fingerprint density at radius 3 is 2.75 bits per heavy atom. The van der Waals surface area contributed by atoms with Crippen molar-refractivity contribution in [2.45, 2.75) is 23.7 Å². The van der Waals surface area contributed by atoms with Crippen LogP contribution in [0.3, 0.4) is 0 Å². The first-order valence-electron chi connectivity index (χ1n) is 8.64. The van der Waals surface area contributed by atoms with Crippen LogP contribution in [0.5, 0.6) is 0 Å². The maximum absolute atomic E-state index is 13.5. The highest BCUT2D eigenvalue weighted by Gasteiger charge is 2.33. The molecule has 3 heterocycles. The highest BCUT2D eigenvalue weighted by Crippen LogP contribution is 2.31. The number of aromatic nitrogens is 3. The number of nitrogens with zero attached hydrogens (tertiary/aromatic N) is 4. The van der Waals surface area contributed by atoms with Gasteiger partial charge in [-0.25, -0.2) is 17.2 Å². The molecule has 28 heavy (non-hydrogen) atoms. The fraction of sp³-hybridized carbons (Fsp3) is 0.278. The van der Waals surface area contributed by atoms with Gasteiger partial charge >= 0.3 is 0 Å². The predicted molar refractivity (Wildman–Crippen MR) is 94.6 cm³/mol. The van der Waals surface area contributed by atoms with Crippen molar-refractivity contribution < 1.29 is 21.6 Å². The summed E-state index contributed by atoms with van der Waals surface area (Å²) in [6.07, 6.45) is 4.48. The van der Waals surface area contributed by atoms with Gasteiger partial charge in [0.15, 0.2) is 11.6 Å². The quantitative estimate of drug-likeness (QED) is 0.662. The molecule has 3 aromatic rings. The lowest BCUT2D eigenvalue weighted by Crippen LogP contribution is -2.39. The van der Waals surface area contributed by atoms with Gasteiger partial charge < -0.3 is 4.42 Å². The smallest absolute Gasteiger partial charge is 0.249 e. The molecule has 0 bridgehead atoms. The summed E-state index contributed by atoms with van der Waals surface area (Å²) in [4.78, 5) is 3.72. The van der Waals surface area contributed by atoms with Crippen molar-refractivity contribution in [2.24, 2.45) is 0 Å². The van der Waals surface area contributed by atoms with Crippen molar-refractivity contribution in [3.63, 3.8) is 0 Å². The Bertz CT molecular complexity index is 1090. The standard InChI is InChI=1S/C18H16F2N4O3S/c19-15-6-5-14(9-16(15)20)28(25,26)24-8-2-4-13(11-24)18-23-22-17(27-18)12-3-1-7-21-10-12/h1,3,5-7,9-10,13H,2,4,8,11H2/t13-/m0/s1. The molecule has 0 spiro atoms. The molecule has 1 aliphatic rings. The van der Waals surface area contributed by atoms with E-state index in [4.69, 9.17) is 4.42 Å². The Hall–Kier alpha value is -2.72. The van der Waals surface area contributed by atoms with Crippen molar-refractivity contribution in [1.82, 2.24) is 19.5 Å². The van der Waals surface area contributed by atoms with E-state index in [1.807, 2.05) is 0 Å². The van der Waals surface area contributed by atoms with Gasteiger partial charge in [0.25, 0.3) is 0 Å². The van der Waals surface area contributed by atoms with Gasteiger partial charge in [-0.05, 0) is 43.2 Å². The van der Waals surface area contributed by atoms with E-state index in [1.165, 1.54) is 4.31 Å². The normalized spacial score (nSPS) is 18.3. The second kappa shape index (κ2) is 7.36. The molecule has 0 amide bonds. The molecule has 1 aromatic carbocycles. The number of rotatable bonds is 4. The molecule has 1 atom stereocenters. The van der Waals surface area contributed by atoms with Gasteiger partial charge in [0.05, 0.1) is 16.4 Å². The van der Waals surface area contributed by atoms with Gasteiger partial charge in [-0.15, -0.1) is 10.2 Å². The first kappa shape index (κ1) is 18.6. The number of benzene rings is 1. The maximum Gasteiger partial charge on any atom is 0.249 e. The van der Waals surface area contributed by atoms with Crippen LogP contribution in [-0.2, 0) is 10.0 Å². The summed E-state index contributed by atoms with van der Waals surface area (Å²) in [6, 6.07) is 6.09. The van der Waals surface area contributed by atoms with E-state index in [0.717, 1.165) is 12.1 Å². The summed E-state index contributed by atoms with van der Waals surface area (Å²) in [6.45, 7) is 0.400. The zero-order valence-corrected chi connectivity index (χ0v) is 15.4. The zero-order valence-electron chi connectivity index (χ0n) is 14.6. The number of hydrogen-bond donors (Lipinski definition) is 0. The lowest BCUT2D eigenvalue weighted by molar-refractivity contribution is 0.286. The molecule has 0 radical (unpaired) electrons. The van der Waals surface area contributed by atoms with Crippen LogP contribution in [0.1, 0.15) is 24.7 Å². The lowest BCUT2D eigenvalue weighted by atomic mass is 10.00. The third-order valence-electron chi connectivity index (χ3n) is 4.61. The minimum atomic E-state index is -3.96. The molecule has 0 unspecified atom stereocenters. The predicted octanol–water partition coefficient (Wildman–Crippen LogP) is 2.98. The Balaban J connectivity index is 1.56. The van der Waals surface area contributed by atoms with E-state index in [1.54, 1.807) is 24.5 Å². The Morgan fingerprint density at radius 1 is 1.14 bits per heavy atom. The lowest BCUT2D eigenvalue weighted by Gasteiger charge is -2.30. The van der Waals surface area contributed by atoms with Gasteiger partial charge in [-0.1, -0.05) is 0 Å². The largest absolute Gasteiger partial charge is 0.420 e. The highest BCUT2D eigenvalue weighted by molar-refractivity contribution is 7.89. The minimum Gasteiger partial charge on any atom is -0.420 e. The number of hydrogen-bond acceptors (Lipinski definition) is 6. The highest BCUT2D eigenvalue weighted by atomic mass is 32.2. The molecular weight excluding hydrogens is 390 g/mol. The molecule has 146 valence electrons. The Morgan fingerprint density at radius 2 is 2.00 bits per heavy atom. The van der Waals surface area contributed by atoms with Crippen LogP contribution in [0.2, 0.25) is 0 Å². The van der Waals surface area contributed by atoms with Crippen LogP contribution >= 0.6 is 0 Å². The molecule has 1 fully saturated rings. The molecule has 1 saturated heterocycles. The van der Waals surface area contributed by atoms with E-state index in [0.29, 0.717) is 36.3 Å². The second-order valence-corrected chi connectivity index (χ2v) is 8.40. The molecule has 0 aliphatic carbocycles. The van der Waals surface area contributed by atoms with Gasteiger partial charge in [0, 0.05) is 25.5 Å². The Labute approximate surface area is 160 Å². The van der Waals surface area contributed by atoms with E-state index in [2.05, 4.69) is 15.2 Å². The zero-order chi connectivity index (χ0) is 19.7. The van der Waals surface area contributed by atoms with Crippen LogP contribution < -0.4 is 0 Å². The summed E-state index contributed by atoms with van der Waals surface area (Å²) < 4.78 is 59.2. The van der Waals surface area contributed by atoms with E-state index >= 15 is 0 Å². The summed E-state index contributed by atoms with van der Waals surface area (Å²) in [5.74, 6) is -1.93. The summed E-state index contributed by atoms with van der Waals surface area (Å²) in [5.41, 5.74) is 0.670. The maximum atomic E-state index is 13.5. The third kappa shape index (κ3) is 3.52.